The van der Waals surface area contributed by atoms with Gasteiger partial charge in [-0.15, -0.1) is 0 Å². The van der Waals surface area contributed by atoms with Crippen LogP contribution in [-0.4, -0.2) is 15.1 Å². The van der Waals surface area contributed by atoms with E-state index in [1.807, 2.05) is 42.1 Å². The van der Waals surface area contributed by atoms with Gasteiger partial charge in [0, 0.05) is 31.1 Å². The maximum atomic E-state index is 12.4. The fourth-order valence-corrected chi connectivity index (χ4v) is 2.60. The van der Waals surface area contributed by atoms with Crippen LogP contribution < -0.4 is 5.56 Å². The standard InChI is InChI=1S/C14H14N2O2/c1-15-13-8-7-11(17)9-12(13)14(18)16(15)10-5-3-2-4-6-10/h2-6H,7-9H2,1H3. The molecular formula is C14H14N2O2. The Hall–Kier alpha value is -2.10. The van der Waals surface area contributed by atoms with Crippen molar-refractivity contribution in [2.45, 2.75) is 19.3 Å². The normalized spacial score (nSPS) is 14.6. The zero-order valence-electron chi connectivity index (χ0n) is 10.2. The molecule has 0 unspecified atom stereocenters. The number of Topliss-reactive ketones (excluding diaryl/α,β-unsaturated/α-hetero) is 1. The summed E-state index contributed by atoms with van der Waals surface area (Å²) in [5, 5.41) is 0. The largest absolute Gasteiger partial charge is 0.299 e. The molecule has 1 aliphatic carbocycles. The fourth-order valence-electron chi connectivity index (χ4n) is 2.60. The summed E-state index contributed by atoms with van der Waals surface area (Å²) in [7, 11) is 1.88. The molecule has 0 saturated heterocycles. The molecule has 0 atom stereocenters. The molecule has 1 aliphatic rings. The lowest BCUT2D eigenvalue weighted by atomic mass is 9.97. The third-order valence-corrected chi connectivity index (χ3v) is 3.50. The second-order valence-electron chi connectivity index (χ2n) is 4.62. The van der Waals surface area contributed by atoms with E-state index in [1.54, 1.807) is 4.68 Å². The average molecular weight is 242 g/mol. The SMILES string of the molecule is Cn1c2c(c(=O)n1-c1ccccc1)CC(=O)CC2. The van der Waals surface area contributed by atoms with Crippen LogP contribution in [0.25, 0.3) is 5.69 Å². The van der Waals surface area contributed by atoms with Gasteiger partial charge in [-0.25, -0.2) is 4.68 Å². The summed E-state index contributed by atoms with van der Waals surface area (Å²) >= 11 is 0. The van der Waals surface area contributed by atoms with Gasteiger partial charge in [-0.2, -0.15) is 0 Å². The van der Waals surface area contributed by atoms with Crippen LogP contribution in [-0.2, 0) is 24.7 Å². The number of para-hydroxylation sites is 1. The lowest BCUT2D eigenvalue weighted by Crippen LogP contribution is -2.22. The number of fused-ring (bicyclic) bond motifs is 1. The summed E-state index contributed by atoms with van der Waals surface area (Å²) in [6.07, 6.45) is 1.49. The van der Waals surface area contributed by atoms with Crippen LogP contribution in [0.3, 0.4) is 0 Å². The first kappa shape index (κ1) is 11.0. The van der Waals surface area contributed by atoms with Gasteiger partial charge in [-0.05, 0) is 18.6 Å². The van der Waals surface area contributed by atoms with E-state index in [1.165, 1.54) is 0 Å². The Labute approximate surface area is 104 Å². The van der Waals surface area contributed by atoms with Crippen molar-refractivity contribution in [2.24, 2.45) is 7.05 Å². The summed E-state index contributed by atoms with van der Waals surface area (Å²) in [4.78, 5) is 23.8. The van der Waals surface area contributed by atoms with Gasteiger partial charge in [0.1, 0.15) is 5.78 Å². The van der Waals surface area contributed by atoms with Crippen molar-refractivity contribution in [3.8, 4) is 5.69 Å². The molecule has 0 saturated carbocycles. The Bertz CT molecular complexity index is 665. The van der Waals surface area contributed by atoms with E-state index in [9.17, 15) is 9.59 Å². The third kappa shape index (κ3) is 1.53. The van der Waals surface area contributed by atoms with Crippen LogP contribution in [0.5, 0.6) is 0 Å². The highest BCUT2D eigenvalue weighted by molar-refractivity contribution is 5.82. The van der Waals surface area contributed by atoms with Crippen molar-refractivity contribution in [3.05, 3.63) is 51.9 Å². The Morgan fingerprint density at radius 2 is 1.78 bits per heavy atom. The molecule has 3 rings (SSSR count). The average Bonchev–Trinajstić information content (AvgIpc) is 2.63. The minimum absolute atomic E-state index is 0.0632. The number of rotatable bonds is 1. The Morgan fingerprint density at radius 1 is 1.06 bits per heavy atom. The number of benzene rings is 1. The molecule has 2 aromatic rings. The molecule has 0 spiro atoms. The minimum atomic E-state index is -0.0632. The molecule has 0 N–H and O–H groups in total. The second kappa shape index (κ2) is 3.98. The number of hydrogen-bond acceptors (Lipinski definition) is 2. The first-order chi connectivity index (χ1) is 8.68. The van der Waals surface area contributed by atoms with E-state index in [0.717, 1.165) is 11.4 Å². The molecule has 4 heteroatoms. The number of nitrogens with zero attached hydrogens (tertiary/aromatic N) is 2. The molecule has 0 aliphatic heterocycles. The van der Waals surface area contributed by atoms with Gasteiger partial charge in [0.2, 0.25) is 0 Å². The summed E-state index contributed by atoms with van der Waals surface area (Å²) in [5.74, 6) is 0.158. The van der Waals surface area contributed by atoms with Crippen LogP contribution in [0.15, 0.2) is 35.1 Å². The van der Waals surface area contributed by atoms with Crippen molar-refractivity contribution in [1.82, 2.24) is 9.36 Å². The zero-order chi connectivity index (χ0) is 12.7. The van der Waals surface area contributed by atoms with E-state index in [-0.39, 0.29) is 17.8 Å². The maximum Gasteiger partial charge on any atom is 0.275 e. The van der Waals surface area contributed by atoms with Crippen LogP contribution >= 0.6 is 0 Å². The third-order valence-electron chi connectivity index (χ3n) is 3.50. The Balaban J connectivity index is 2.24. The molecule has 92 valence electrons. The molecule has 1 aromatic heterocycles. The van der Waals surface area contributed by atoms with Crippen LogP contribution in [0, 0.1) is 0 Å². The van der Waals surface area contributed by atoms with Gasteiger partial charge in [0.15, 0.2) is 0 Å². The highest BCUT2D eigenvalue weighted by Crippen LogP contribution is 2.18. The van der Waals surface area contributed by atoms with Crippen molar-refractivity contribution >= 4 is 5.78 Å². The van der Waals surface area contributed by atoms with Crippen molar-refractivity contribution in [3.63, 3.8) is 0 Å². The van der Waals surface area contributed by atoms with Crippen molar-refractivity contribution in [1.29, 1.82) is 0 Å². The second-order valence-corrected chi connectivity index (χ2v) is 4.62. The summed E-state index contributed by atoms with van der Waals surface area (Å²) < 4.78 is 3.52. The van der Waals surface area contributed by atoms with Gasteiger partial charge in [0.05, 0.1) is 5.69 Å². The molecule has 18 heavy (non-hydrogen) atoms. The number of aromatic nitrogens is 2. The van der Waals surface area contributed by atoms with E-state index >= 15 is 0 Å². The van der Waals surface area contributed by atoms with Gasteiger partial charge >= 0.3 is 0 Å². The van der Waals surface area contributed by atoms with Gasteiger partial charge in [-0.3, -0.25) is 14.3 Å². The number of carbonyl (C=O) groups is 1. The lowest BCUT2D eigenvalue weighted by molar-refractivity contribution is -0.118. The quantitative estimate of drug-likeness (QED) is 0.755. The smallest absolute Gasteiger partial charge is 0.275 e. The molecule has 0 radical (unpaired) electrons. The monoisotopic (exact) mass is 242 g/mol. The number of hydrogen-bond donors (Lipinski definition) is 0. The highest BCUT2D eigenvalue weighted by atomic mass is 16.1. The summed E-state index contributed by atoms with van der Waals surface area (Å²) in [6.45, 7) is 0. The number of ketones is 1. The van der Waals surface area contributed by atoms with E-state index in [2.05, 4.69) is 0 Å². The van der Waals surface area contributed by atoms with Crippen molar-refractivity contribution < 1.29 is 4.79 Å². The van der Waals surface area contributed by atoms with Crippen LogP contribution in [0.2, 0.25) is 0 Å². The first-order valence-corrected chi connectivity index (χ1v) is 6.05. The fraction of sp³-hybridized carbons (Fsp3) is 0.286. The van der Waals surface area contributed by atoms with E-state index in [0.29, 0.717) is 18.4 Å². The van der Waals surface area contributed by atoms with E-state index in [4.69, 9.17) is 0 Å². The van der Waals surface area contributed by atoms with E-state index < -0.39 is 0 Å². The number of carbonyl (C=O) groups excluding carboxylic acids is 1. The maximum absolute atomic E-state index is 12.4. The summed E-state index contributed by atoms with van der Waals surface area (Å²) in [5.41, 5.74) is 2.43. The highest BCUT2D eigenvalue weighted by Gasteiger charge is 2.25. The predicted octanol–water partition coefficient (Wildman–Crippen LogP) is 1.23. The molecule has 0 fully saturated rings. The topological polar surface area (TPSA) is 44.0 Å². The molecule has 1 heterocycles. The van der Waals surface area contributed by atoms with Crippen LogP contribution in [0.4, 0.5) is 0 Å². The molecule has 4 nitrogen and oxygen atoms in total. The van der Waals surface area contributed by atoms with Crippen LogP contribution in [0.1, 0.15) is 17.7 Å². The predicted molar refractivity (Wildman–Crippen MR) is 68.0 cm³/mol. The van der Waals surface area contributed by atoms with Gasteiger partial charge in [0.25, 0.3) is 5.56 Å². The zero-order valence-corrected chi connectivity index (χ0v) is 10.2. The van der Waals surface area contributed by atoms with Gasteiger partial charge in [-0.1, -0.05) is 18.2 Å². The molecule has 1 aromatic carbocycles. The van der Waals surface area contributed by atoms with Crippen molar-refractivity contribution in [2.75, 3.05) is 0 Å². The summed E-state index contributed by atoms with van der Waals surface area (Å²) in [6, 6.07) is 9.52. The minimum Gasteiger partial charge on any atom is -0.299 e. The lowest BCUT2D eigenvalue weighted by Gasteiger charge is -2.12. The Kier molecular flexibility index (Phi) is 2.44. The molecule has 0 amide bonds. The first-order valence-electron chi connectivity index (χ1n) is 6.05. The Morgan fingerprint density at radius 3 is 2.50 bits per heavy atom. The molecule has 0 bridgehead atoms. The van der Waals surface area contributed by atoms with Gasteiger partial charge < -0.3 is 0 Å². The molecular weight excluding hydrogens is 228 g/mol.